The van der Waals surface area contributed by atoms with E-state index in [1.54, 1.807) is 0 Å². The molecule has 0 unspecified atom stereocenters. The summed E-state index contributed by atoms with van der Waals surface area (Å²) in [5, 5.41) is 0. The average Bonchev–Trinajstić information content (AvgIpc) is 2.87. The molecule has 3 rings (SSSR count). The van der Waals surface area contributed by atoms with Crippen LogP contribution < -0.4 is 0 Å². The Morgan fingerprint density at radius 3 is 2.52 bits per heavy atom. The first-order valence-electron chi connectivity index (χ1n) is 7.90. The summed E-state index contributed by atoms with van der Waals surface area (Å²) in [6.07, 6.45) is -0.106. The van der Waals surface area contributed by atoms with Gasteiger partial charge >= 0.3 is 0 Å². The fourth-order valence-electron chi connectivity index (χ4n) is 2.62. The maximum absolute atomic E-state index is 12.6. The molecule has 1 amide bonds. The van der Waals surface area contributed by atoms with Gasteiger partial charge in [0.2, 0.25) is 0 Å². The summed E-state index contributed by atoms with van der Waals surface area (Å²) in [5.74, 6) is 0.0319. The number of hydrogen-bond acceptors (Lipinski definition) is 3. The van der Waals surface area contributed by atoms with E-state index in [0.29, 0.717) is 38.5 Å². The first-order valence-corrected chi connectivity index (χ1v) is 7.90. The first kappa shape index (κ1) is 15.7. The molecule has 2 aromatic carbocycles. The predicted molar refractivity (Wildman–Crippen MR) is 88.2 cm³/mol. The Bertz CT molecular complexity index is 615. The second-order valence-corrected chi connectivity index (χ2v) is 5.61. The average molecular weight is 311 g/mol. The van der Waals surface area contributed by atoms with Gasteiger partial charge in [-0.25, -0.2) is 0 Å². The molecule has 23 heavy (non-hydrogen) atoms. The van der Waals surface area contributed by atoms with Gasteiger partial charge < -0.3 is 14.4 Å². The molecule has 0 spiro atoms. The third-order valence-corrected chi connectivity index (χ3v) is 3.87. The van der Waals surface area contributed by atoms with Crippen LogP contribution in [0.25, 0.3) is 0 Å². The highest BCUT2D eigenvalue weighted by Gasteiger charge is 2.23. The molecule has 0 N–H and O–H groups in total. The molecule has 2 aromatic rings. The summed E-state index contributed by atoms with van der Waals surface area (Å²) in [4.78, 5) is 14.4. The second-order valence-electron chi connectivity index (χ2n) is 5.61. The van der Waals surface area contributed by atoms with E-state index < -0.39 is 0 Å². The number of hydrogen-bond donors (Lipinski definition) is 0. The SMILES string of the molecule is O=C(c1ccccc1)N1CCOC[C@H](OCc2ccccc2)C1. The van der Waals surface area contributed by atoms with Gasteiger partial charge in [-0.1, -0.05) is 48.5 Å². The van der Waals surface area contributed by atoms with Gasteiger partial charge in [-0.3, -0.25) is 4.79 Å². The molecule has 1 aliphatic heterocycles. The Labute approximate surface area is 136 Å². The van der Waals surface area contributed by atoms with Crippen molar-refractivity contribution in [2.24, 2.45) is 0 Å². The summed E-state index contributed by atoms with van der Waals surface area (Å²) >= 11 is 0. The van der Waals surface area contributed by atoms with Crippen LogP contribution in [0.2, 0.25) is 0 Å². The monoisotopic (exact) mass is 311 g/mol. The summed E-state index contributed by atoms with van der Waals surface area (Å²) in [5.41, 5.74) is 1.83. The van der Waals surface area contributed by atoms with Crippen molar-refractivity contribution in [1.29, 1.82) is 0 Å². The molecule has 1 atom stereocenters. The van der Waals surface area contributed by atoms with Crippen LogP contribution in [-0.4, -0.2) is 43.2 Å². The third kappa shape index (κ3) is 4.41. The number of carbonyl (C=O) groups is 1. The van der Waals surface area contributed by atoms with Gasteiger partial charge in [-0.05, 0) is 17.7 Å². The van der Waals surface area contributed by atoms with Crippen LogP contribution in [0.1, 0.15) is 15.9 Å². The lowest BCUT2D eigenvalue weighted by Crippen LogP contribution is -2.38. The van der Waals surface area contributed by atoms with Gasteiger partial charge in [0.1, 0.15) is 0 Å². The van der Waals surface area contributed by atoms with E-state index >= 15 is 0 Å². The van der Waals surface area contributed by atoms with E-state index in [-0.39, 0.29) is 12.0 Å². The Balaban J connectivity index is 1.61. The highest BCUT2D eigenvalue weighted by molar-refractivity contribution is 5.94. The fourth-order valence-corrected chi connectivity index (χ4v) is 2.62. The maximum atomic E-state index is 12.6. The lowest BCUT2D eigenvalue weighted by molar-refractivity contribution is -0.0142. The molecule has 120 valence electrons. The standard InChI is InChI=1S/C19H21NO3/c21-19(17-9-5-2-6-10-17)20-11-12-22-15-18(13-20)23-14-16-7-3-1-4-8-16/h1-10,18H,11-15H2/t18-/m1/s1. The van der Waals surface area contributed by atoms with Crippen LogP contribution in [-0.2, 0) is 16.1 Å². The van der Waals surface area contributed by atoms with Crippen LogP contribution in [0.5, 0.6) is 0 Å². The van der Waals surface area contributed by atoms with Crippen molar-refractivity contribution < 1.29 is 14.3 Å². The number of benzene rings is 2. The normalized spacial score (nSPS) is 18.4. The lowest BCUT2D eigenvalue weighted by atomic mass is 10.2. The summed E-state index contributed by atoms with van der Waals surface area (Å²) in [7, 11) is 0. The topological polar surface area (TPSA) is 38.8 Å². The molecule has 0 radical (unpaired) electrons. The molecule has 0 aromatic heterocycles. The van der Waals surface area contributed by atoms with Crippen molar-refractivity contribution in [2.75, 3.05) is 26.3 Å². The Hall–Kier alpha value is -2.17. The first-order chi connectivity index (χ1) is 11.3. The van der Waals surface area contributed by atoms with Gasteiger partial charge in [0.15, 0.2) is 0 Å². The van der Waals surface area contributed by atoms with Crippen LogP contribution in [0, 0.1) is 0 Å². The van der Waals surface area contributed by atoms with Crippen molar-refractivity contribution in [2.45, 2.75) is 12.7 Å². The van der Waals surface area contributed by atoms with E-state index in [1.807, 2.05) is 65.6 Å². The van der Waals surface area contributed by atoms with Gasteiger partial charge in [0.25, 0.3) is 5.91 Å². The Morgan fingerprint density at radius 2 is 1.78 bits per heavy atom. The molecule has 1 saturated heterocycles. The molecule has 1 heterocycles. The van der Waals surface area contributed by atoms with E-state index in [2.05, 4.69) is 0 Å². The van der Waals surface area contributed by atoms with Crippen LogP contribution >= 0.6 is 0 Å². The number of nitrogens with zero attached hydrogens (tertiary/aromatic N) is 1. The zero-order chi connectivity index (χ0) is 15.9. The Morgan fingerprint density at radius 1 is 1.09 bits per heavy atom. The summed E-state index contributed by atoms with van der Waals surface area (Å²) in [6, 6.07) is 19.4. The van der Waals surface area contributed by atoms with Crippen LogP contribution in [0.15, 0.2) is 60.7 Å². The van der Waals surface area contributed by atoms with Gasteiger partial charge in [0.05, 0.1) is 25.9 Å². The minimum Gasteiger partial charge on any atom is -0.377 e. The molecule has 4 heteroatoms. The molecular weight excluding hydrogens is 290 g/mol. The third-order valence-electron chi connectivity index (χ3n) is 3.87. The van der Waals surface area contributed by atoms with Crippen molar-refractivity contribution in [3.05, 3.63) is 71.8 Å². The highest BCUT2D eigenvalue weighted by Crippen LogP contribution is 2.11. The molecule has 0 aliphatic carbocycles. The number of amides is 1. The molecule has 0 bridgehead atoms. The quantitative estimate of drug-likeness (QED) is 0.871. The molecular formula is C19H21NO3. The van der Waals surface area contributed by atoms with Crippen LogP contribution in [0.4, 0.5) is 0 Å². The minimum absolute atomic E-state index is 0.0319. The van der Waals surface area contributed by atoms with E-state index in [9.17, 15) is 4.79 Å². The van der Waals surface area contributed by atoms with Gasteiger partial charge in [-0.2, -0.15) is 0 Å². The smallest absolute Gasteiger partial charge is 0.254 e. The predicted octanol–water partition coefficient (Wildman–Crippen LogP) is 2.74. The Kier molecular flexibility index (Phi) is 5.40. The molecule has 4 nitrogen and oxygen atoms in total. The van der Waals surface area contributed by atoms with Gasteiger partial charge in [-0.15, -0.1) is 0 Å². The number of rotatable bonds is 4. The number of ether oxygens (including phenoxy) is 2. The zero-order valence-electron chi connectivity index (χ0n) is 13.1. The maximum Gasteiger partial charge on any atom is 0.254 e. The van der Waals surface area contributed by atoms with Crippen molar-refractivity contribution in [3.63, 3.8) is 0 Å². The van der Waals surface area contributed by atoms with E-state index in [0.717, 1.165) is 5.56 Å². The van der Waals surface area contributed by atoms with Crippen molar-refractivity contribution in [1.82, 2.24) is 4.90 Å². The van der Waals surface area contributed by atoms with Crippen LogP contribution in [0.3, 0.4) is 0 Å². The largest absolute Gasteiger partial charge is 0.377 e. The van der Waals surface area contributed by atoms with E-state index in [1.165, 1.54) is 0 Å². The summed E-state index contributed by atoms with van der Waals surface area (Å²) < 4.78 is 11.5. The molecule has 1 fully saturated rings. The van der Waals surface area contributed by atoms with Crippen molar-refractivity contribution in [3.8, 4) is 0 Å². The lowest BCUT2D eigenvalue weighted by Gasteiger charge is -2.24. The highest BCUT2D eigenvalue weighted by atomic mass is 16.5. The molecule has 1 aliphatic rings. The minimum atomic E-state index is -0.106. The van der Waals surface area contributed by atoms with Gasteiger partial charge in [0, 0.05) is 18.7 Å². The second kappa shape index (κ2) is 7.90. The van der Waals surface area contributed by atoms with E-state index in [4.69, 9.17) is 9.47 Å². The summed E-state index contributed by atoms with van der Waals surface area (Å²) in [6.45, 7) is 2.75. The fraction of sp³-hybridized carbons (Fsp3) is 0.316. The number of carbonyl (C=O) groups excluding carboxylic acids is 1. The van der Waals surface area contributed by atoms with Crippen molar-refractivity contribution >= 4 is 5.91 Å². The zero-order valence-corrected chi connectivity index (χ0v) is 13.1. The molecule has 0 saturated carbocycles.